The van der Waals surface area contributed by atoms with Crippen LogP contribution in [-0.2, 0) is 0 Å². The molecule has 32 heavy (non-hydrogen) atoms. The van der Waals surface area contributed by atoms with Crippen molar-refractivity contribution in [1.82, 2.24) is 15.0 Å². The Bertz CT molecular complexity index is 1280. The number of benzene rings is 2. The summed E-state index contributed by atoms with van der Waals surface area (Å²) in [5, 5.41) is 33.4. The maximum absolute atomic E-state index is 11.1. The van der Waals surface area contributed by atoms with Crippen LogP contribution in [0.25, 0.3) is 10.9 Å². The van der Waals surface area contributed by atoms with Crippen LogP contribution in [0.2, 0.25) is 0 Å². The summed E-state index contributed by atoms with van der Waals surface area (Å²) >= 11 is 0. The number of aliphatic hydroxyl groups excluding tert-OH is 2. The van der Waals surface area contributed by atoms with Gasteiger partial charge >= 0.3 is 0 Å². The van der Waals surface area contributed by atoms with Gasteiger partial charge in [0.25, 0.3) is 5.69 Å². The van der Waals surface area contributed by atoms with Gasteiger partial charge in [-0.25, -0.2) is 9.97 Å². The molecule has 0 fully saturated rings. The Hall–Kier alpha value is -4.15. The first-order valence-corrected chi connectivity index (χ1v) is 9.64. The van der Waals surface area contributed by atoms with Gasteiger partial charge in [-0.2, -0.15) is 0 Å². The number of nitro groups is 1. The fourth-order valence-corrected chi connectivity index (χ4v) is 3.11. The fourth-order valence-electron chi connectivity index (χ4n) is 3.11. The minimum Gasteiger partial charge on any atom is -0.455 e. The molecule has 1 atom stereocenters. The van der Waals surface area contributed by atoms with Gasteiger partial charge in [-0.15, -0.1) is 0 Å². The van der Waals surface area contributed by atoms with Crippen molar-refractivity contribution in [3.8, 4) is 11.5 Å². The number of aryl methyl sites for hydroxylation is 1. The first-order chi connectivity index (χ1) is 15.4. The van der Waals surface area contributed by atoms with Gasteiger partial charge in [-0.05, 0) is 48.9 Å². The number of fused-ring (bicyclic) bond motifs is 1. The number of nitro benzene ring substituents is 1. The third-order valence-electron chi connectivity index (χ3n) is 4.77. The molecule has 0 amide bonds. The molecule has 10 heteroatoms. The highest BCUT2D eigenvalue weighted by Crippen LogP contribution is 2.30. The minimum absolute atomic E-state index is 0.0404. The van der Waals surface area contributed by atoms with Gasteiger partial charge in [0.05, 0.1) is 28.9 Å². The van der Waals surface area contributed by atoms with Crippen molar-refractivity contribution < 1.29 is 19.9 Å². The summed E-state index contributed by atoms with van der Waals surface area (Å²) < 4.78 is 5.86. The van der Waals surface area contributed by atoms with Crippen LogP contribution in [0, 0.1) is 17.0 Å². The van der Waals surface area contributed by atoms with Crippen LogP contribution in [-0.4, -0.2) is 36.7 Å². The third kappa shape index (κ3) is 4.46. The van der Waals surface area contributed by atoms with Gasteiger partial charge in [0.1, 0.15) is 29.7 Å². The first kappa shape index (κ1) is 21.1. The molecule has 0 aliphatic rings. The predicted octanol–water partition coefficient (Wildman–Crippen LogP) is 3.80. The van der Waals surface area contributed by atoms with Crippen molar-refractivity contribution in [1.29, 1.82) is 0 Å². The Labute approximate surface area is 182 Å². The second kappa shape index (κ2) is 8.92. The highest BCUT2D eigenvalue weighted by molar-refractivity contribution is 5.92. The number of hydrogen-bond acceptors (Lipinski definition) is 9. The zero-order chi connectivity index (χ0) is 22.7. The molecule has 2 aromatic heterocycles. The number of ether oxygens (including phenoxy) is 1. The molecular weight excluding hydrogens is 414 g/mol. The minimum atomic E-state index is -1.03. The van der Waals surface area contributed by atoms with Crippen molar-refractivity contribution in [2.45, 2.75) is 13.0 Å². The van der Waals surface area contributed by atoms with Crippen molar-refractivity contribution >= 4 is 28.1 Å². The van der Waals surface area contributed by atoms with E-state index in [1.54, 1.807) is 30.3 Å². The summed E-state index contributed by atoms with van der Waals surface area (Å²) in [5.74, 6) is 1.54. The van der Waals surface area contributed by atoms with Gasteiger partial charge in [0.2, 0.25) is 0 Å². The summed E-state index contributed by atoms with van der Waals surface area (Å²) in [6.45, 7) is 1.47. The molecule has 0 radical (unpaired) electrons. The quantitative estimate of drug-likeness (QED) is 0.293. The third-order valence-corrected chi connectivity index (χ3v) is 4.77. The molecule has 0 aliphatic heterocycles. The molecule has 0 bridgehead atoms. The van der Waals surface area contributed by atoms with E-state index >= 15 is 0 Å². The number of nitrogens with one attached hydrogen (secondary N) is 1. The van der Waals surface area contributed by atoms with Gasteiger partial charge in [0, 0.05) is 23.2 Å². The van der Waals surface area contributed by atoms with E-state index in [0.717, 1.165) is 11.3 Å². The normalized spacial score (nSPS) is 11.8. The molecule has 162 valence electrons. The summed E-state index contributed by atoms with van der Waals surface area (Å²) in [4.78, 5) is 23.1. The molecule has 4 rings (SSSR count). The van der Waals surface area contributed by atoms with Gasteiger partial charge in [-0.1, -0.05) is 0 Å². The average molecular weight is 433 g/mol. The molecule has 3 N–H and O–H groups in total. The van der Waals surface area contributed by atoms with E-state index in [9.17, 15) is 15.2 Å². The topological polar surface area (TPSA) is 144 Å². The fraction of sp³-hybridized carbons (Fsp3) is 0.136. The number of nitrogens with zero attached hydrogens (tertiary/aromatic N) is 4. The van der Waals surface area contributed by atoms with Crippen molar-refractivity contribution in [2.24, 2.45) is 0 Å². The first-order valence-electron chi connectivity index (χ1n) is 9.64. The second-order valence-electron chi connectivity index (χ2n) is 7.01. The summed E-state index contributed by atoms with van der Waals surface area (Å²) in [7, 11) is 0. The zero-order valence-corrected chi connectivity index (χ0v) is 17.0. The van der Waals surface area contributed by atoms with Gasteiger partial charge < -0.3 is 20.3 Å². The Kier molecular flexibility index (Phi) is 5.88. The van der Waals surface area contributed by atoms with E-state index in [1.165, 1.54) is 24.7 Å². The highest BCUT2D eigenvalue weighted by atomic mass is 16.6. The lowest BCUT2D eigenvalue weighted by atomic mass is 10.1. The summed E-state index contributed by atoms with van der Waals surface area (Å²) in [6, 6.07) is 13.1. The molecule has 2 aromatic carbocycles. The summed E-state index contributed by atoms with van der Waals surface area (Å²) in [6.07, 6.45) is 1.83. The van der Waals surface area contributed by atoms with E-state index in [4.69, 9.17) is 9.84 Å². The lowest BCUT2D eigenvalue weighted by Gasteiger charge is -2.13. The molecule has 2 heterocycles. The van der Waals surface area contributed by atoms with Crippen LogP contribution in [0.3, 0.4) is 0 Å². The number of hydrogen-bond donors (Lipinski definition) is 3. The molecular formula is C22H19N5O5. The molecule has 0 aliphatic carbocycles. The van der Waals surface area contributed by atoms with Crippen LogP contribution in [0.15, 0.2) is 61.1 Å². The zero-order valence-electron chi connectivity index (χ0n) is 17.0. The molecule has 0 spiro atoms. The van der Waals surface area contributed by atoms with Gasteiger partial charge in [-0.3, -0.25) is 15.1 Å². The number of rotatable bonds is 7. The SMILES string of the molecule is Cc1cc(Nc2ncnc3ccc([N+](=O)[O-])cc23)ccc1Oc1ccc([C@@H](O)CO)nc1. The van der Waals surface area contributed by atoms with Crippen LogP contribution in [0.4, 0.5) is 17.2 Å². The predicted molar refractivity (Wildman–Crippen MR) is 117 cm³/mol. The van der Waals surface area contributed by atoms with E-state index < -0.39 is 17.6 Å². The highest BCUT2D eigenvalue weighted by Gasteiger charge is 2.12. The van der Waals surface area contributed by atoms with Crippen LogP contribution in [0.5, 0.6) is 11.5 Å². The number of aromatic nitrogens is 3. The molecule has 10 nitrogen and oxygen atoms in total. The lowest BCUT2D eigenvalue weighted by Crippen LogP contribution is -2.04. The smallest absolute Gasteiger partial charge is 0.270 e. The number of pyridine rings is 1. The van der Waals surface area contributed by atoms with E-state index in [-0.39, 0.29) is 5.69 Å². The van der Waals surface area contributed by atoms with Crippen molar-refractivity contribution in [3.05, 3.63) is 82.4 Å². The lowest BCUT2D eigenvalue weighted by molar-refractivity contribution is -0.384. The monoisotopic (exact) mass is 433 g/mol. The molecule has 0 unspecified atom stereocenters. The largest absolute Gasteiger partial charge is 0.455 e. The number of anilines is 2. The van der Waals surface area contributed by atoms with Crippen molar-refractivity contribution in [3.63, 3.8) is 0 Å². The van der Waals surface area contributed by atoms with Crippen LogP contribution < -0.4 is 10.1 Å². The van der Waals surface area contributed by atoms with Crippen molar-refractivity contribution in [2.75, 3.05) is 11.9 Å². The second-order valence-corrected chi connectivity index (χ2v) is 7.01. The molecule has 0 saturated carbocycles. The molecule has 4 aromatic rings. The maximum atomic E-state index is 11.1. The maximum Gasteiger partial charge on any atom is 0.270 e. The molecule has 0 saturated heterocycles. The van der Waals surface area contributed by atoms with Gasteiger partial charge in [0.15, 0.2) is 0 Å². The average Bonchev–Trinajstić information content (AvgIpc) is 2.80. The Morgan fingerprint density at radius 2 is 1.97 bits per heavy atom. The van der Waals surface area contributed by atoms with E-state index in [2.05, 4.69) is 20.3 Å². The Morgan fingerprint density at radius 1 is 1.12 bits per heavy atom. The number of aliphatic hydroxyl groups is 2. The standard InChI is InChI=1S/C22H19N5O5/c1-13-8-14(2-7-21(13)32-16-4-6-19(23-10-16)20(29)11-28)26-22-17-9-15(27(30)31)3-5-18(17)24-12-25-22/h2-10,12,20,28-29H,11H2,1H3,(H,24,25,26)/t20-/m0/s1. The summed E-state index contributed by atoms with van der Waals surface area (Å²) in [5.41, 5.74) is 2.46. The van der Waals surface area contributed by atoms with E-state index in [1.807, 2.05) is 13.0 Å². The van der Waals surface area contributed by atoms with Crippen LogP contribution >= 0.6 is 0 Å². The van der Waals surface area contributed by atoms with E-state index in [0.29, 0.717) is 33.9 Å². The van der Waals surface area contributed by atoms with Crippen LogP contribution in [0.1, 0.15) is 17.4 Å². The Balaban J connectivity index is 1.55. The Morgan fingerprint density at radius 3 is 2.66 bits per heavy atom. The number of non-ortho nitro benzene ring substituents is 1.